The number of rotatable bonds is 5. The number of hydrogen-bond donors (Lipinski definition) is 2. The molecule has 0 heterocycles. The largest absolute Gasteiger partial charge is 0.461 e. The Balaban J connectivity index is 2.77. The minimum absolute atomic E-state index is 0.143. The van der Waals surface area contributed by atoms with Crippen LogP contribution in [0.4, 0.5) is 0 Å². The molecule has 0 unspecified atom stereocenters. The molecule has 0 aromatic carbocycles. The van der Waals surface area contributed by atoms with E-state index in [9.17, 15) is 19.8 Å². The fraction of sp³-hybridized carbons (Fsp3) is 0.667. The van der Waals surface area contributed by atoms with Crippen molar-refractivity contribution in [2.24, 2.45) is 0 Å². The molecule has 1 aliphatic carbocycles. The lowest BCUT2D eigenvalue weighted by atomic mass is 9.91. The SMILES string of the molecule is CCCO[C@H]1C=C(COC(C)=O)C(=O)[C@H](O)[C@H]1O. The van der Waals surface area contributed by atoms with Crippen LogP contribution in [0, 0.1) is 0 Å². The molecule has 0 spiro atoms. The van der Waals surface area contributed by atoms with Crippen molar-refractivity contribution in [3.8, 4) is 0 Å². The van der Waals surface area contributed by atoms with Crippen molar-refractivity contribution in [1.29, 1.82) is 0 Å². The third kappa shape index (κ3) is 3.63. The highest BCUT2D eigenvalue weighted by Crippen LogP contribution is 2.19. The number of aliphatic hydroxyl groups is 2. The third-order valence-corrected chi connectivity index (χ3v) is 2.56. The number of carbonyl (C=O) groups excluding carboxylic acids is 2. The predicted octanol–water partition coefficient (Wildman–Crippen LogP) is -0.424. The number of ketones is 1. The van der Waals surface area contributed by atoms with Crippen molar-refractivity contribution in [2.45, 2.75) is 38.6 Å². The van der Waals surface area contributed by atoms with E-state index >= 15 is 0 Å². The molecule has 0 bridgehead atoms. The summed E-state index contributed by atoms with van der Waals surface area (Å²) in [6, 6.07) is 0. The summed E-state index contributed by atoms with van der Waals surface area (Å²) in [5.41, 5.74) is 0.143. The standard InChI is InChI=1S/C12H18O6/c1-3-4-17-9-5-8(6-18-7(2)13)10(14)12(16)11(9)15/h5,9,11-12,15-16H,3-4,6H2,1-2H3/t9-,11-,12-/m0/s1. The molecule has 0 fully saturated rings. The molecule has 6 nitrogen and oxygen atoms in total. The van der Waals surface area contributed by atoms with Gasteiger partial charge in [0.05, 0.1) is 0 Å². The highest BCUT2D eigenvalue weighted by Gasteiger charge is 2.37. The van der Waals surface area contributed by atoms with Gasteiger partial charge in [-0.25, -0.2) is 0 Å². The van der Waals surface area contributed by atoms with E-state index in [0.717, 1.165) is 6.42 Å². The number of ether oxygens (including phenoxy) is 2. The van der Waals surface area contributed by atoms with Crippen molar-refractivity contribution in [2.75, 3.05) is 13.2 Å². The summed E-state index contributed by atoms with van der Waals surface area (Å²) >= 11 is 0. The van der Waals surface area contributed by atoms with Crippen LogP contribution in [0.15, 0.2) is 11.6 Å². The van der Waals surface area contributed by atoms with Crippen LogP contribution in [0.5, 0.6) is 0 Å². The van der Waals surface area contributed by atoms with E-state index in [0.29, 0.717) is 6.61 Å². The van der Waals surface area contributed by atoms with Gasteiger partial charge in [-0.05, 0) is 12.5 Å². The second-order valence-electron chi connectivity index (χ2n) is 4.11. The maximum Gasteiger partial charge on any atom is 0.302 e. The third-order valence-electron chi connectivity index (χ3n) is 2.56. The monoisotopic (exact) mass is 258 g/mol. The molecule has 2 N–H and O–H groups in total. The van der Waals surface area contributed by atoms with E-state index in [1.165, 1.54) is 13.0 Å². The first-order valence-corrected chi connectivity index (χ1v) is 5.83. The van der Waals surface area contributed by atoms with Crippen molar-refractivity contribution in [3.63, 3.8) is 0 Å². The predicted molar refractivity (Wildman–Crippen MR) is 61.8 cm³/mol. The zero-order valence-corrected chi connectivity index (χ0v) is 10.5. The number of hydrogen-bond acceptors (Lipinski definition) is 6. The van der Waals surface area contributed by atoms with Gasteiger partial charge in [0.15, 0.2) is 5.78 Å². The van der Waals surface area contributed by atoms with E-state index in [4.69, 9.17) is 9.47 Å². The number of esters is 1. The lowest BCUT2D eigenvalue weighted by Crippen LogP contribution is -2.47. The van der Waals surface area contributed by atoms with Gasteiger partial charge < -0.3 is 19.7 Å². The Morgan fingerprint density at radius 3 is 2.67 bits per heavy atom. The lowest BCUT2D eigenvalue weighted by molar-refractivity contribution is -0.143. The Morgan fingerprint density at radius 2 is 2.11 bits per heavy atom. The lowest BCUT2D eigenvalue weighted by Gasteiger charge is -2.29. The fourth-order valence-electron chi connectivity index (χ4n) is 1.60. The molecular weight excluding hydrogens is 240 g/mol. The second-order valence-corrected chi connectivity index (χ2v) is 4.11. The van der Waals surface area contributed by atoms with Crippen molar-refractivity contribution in [3.05, 3.63) is 11.6 Å². The summed E-state index contributed by atoms with van der Waals surface area (Å²) in [6.07, 6.45) is -1.44. The maximum absolute atomic E-state index is 11.6. The van der Waals surface area contributed by atoms with Crippen LogP contribution >= 0.6 is 0 Å². The first-order chi connectivity index (χ1) is 8.47. The number of carbonyl (C=O) groups is 2. The van der Waals surface area contributed by atoms with Crippen LogP contribution < -0.4 is 0 Å². The van der Waals surface area contributed by atoms with Crippen LogP contribution in [0.1, 0.15) is 20.3 Å². The molecule has 3 atom stereocenters. The average molecular weight is 258 g/mol. The van der Waals surface area contributed by atoms with Gasteiger partial charge in [-0.15, -0.1) is 0 Å². The van der Waals surface area contributed by atoms with Crippen LogP contribution in [-0.4, -0.2) is 53.5 Å². The van der Waals surface area contributed by atoms with Gasteiger partial charge in [-0.1, -0.05) is 6.92 Å². The van der Waals surface area contributed by atoms with Gasteiger partial charge in [-0.2, -0.15) is 0 Å². The van der Waals surface area contributed by atoms with E-state index in [2.05, 4.69) is 0 Å². The van der Waals surface area contributed by atoms with Gasteiger partial charge in [0.2, 0.25) is 0 Å². The molecule has 0 radical (unpaired) electrons. The normalized spacial score (nSPS) is 27.9. The summed E-state index contributed by atoms with van der Waals surface area (Å²) < 4.78 is 10.0. The molecule has 1 rings (SSSR count). The molecule has 1 aliphatic rings. The topological polar surface area (TPSA) is 93.1 Å². The second kappa shape index (κ2) is 6.63. The van der Waals surface area contributed by atoms with Gasteiger partial charge in [0.1, 0.15) is 24.9 Å². The molecule has 18 heavy (non-hydrogen) atoms. The Morgan fingerprint density at radius 1 is 1.44 bits per heavy atom. The highest BCUT2D eigenvalue weighted by molar-refractivity contribution is 6.00. The van der Waals surface area contributed by atoms with Gasteiger partial charge >= 0.3 is 5.97 Å². The van der Waals surface area contributed by atoms with Gasteiger partial charge in [0, 0.05) is 19.1 Å². The average Bonchev–Trinajstić information content (AvgIpc) is 2.34. The van der Waals surface area contributed by atoms with E-state index in [1.807, 2.05) is 6.92 Å². The Hall–Kier alpha value is -1.24. The number of aliphatic hydroxyl groups excluding tert-OH is 2. The molecule has 0 amide bonds. The van der Waals surface area contributed by atoms with E-state index in [1.54, 1.807) is 0 Å². The van der Waals surface area contributed by atoms with Gasteiger partial charge in [0.25, 0.3) is 0 Å². The fourth-order valence-corrected chi connectivity index (χ4v) is 1.60. The molecule has 0 aromatic heterocycles. The summed E-state index contributed by atoms with van der Waals surface area (Å²) in [7, 11) is 0. The zero-order chi connectivity index (χ0) is 13.7. The van der Waals surface area contributed by atoms with Crippen LogP contribution in [-0.2, 0) is 19.1 Å². The zero-order valence-electron chi connectivity index (χ0n) is 10.5. The molecule has 0 saturated carbocycles. The van der Waals surface area contributed by atoms with Crippen LogP contribution in [0.3, 0.4) is 0 Å². The Kier molecular flexibility index (Phi) is 5.46. The molecule has 102 valence electrons. The van der Waals surface area contributed by atoms with Crippen molar-refractivity contribution in [1.82, 2.24) is 0 Å². The van der Waals surface area contributed by atoms with Crippen LogP contribution in [0.2, 0.25) is 0 Å². The molecule has 0 aromatic rings. The summed E-state index contributed by atoms with van der Waals surface area (Å²) in [4.78, 5) is 22.3. The van der Waals surface area contributed by atoms with E-state index < -0.39 is 30.1 Å². The summed E-state index contributed by atoms with van der Waals surface area (Å²) in [5, 5.41) is 19.3. The Bertz CT molecular complexity index is 348. The molecule has 6 heteroatoms. The first kappa shape index (κ1) is 14.8. The molecule has 0 aliphatic heterocycles. The molecular formula is C12H18O6. The van der Waals surface area contributed by atoms with Crippen LogP contribution in [0.25, 0.3) is 0 Å². The number of Topliss-reactive ketones (excluding diaryl/α,β-unsaturated/α-hetero) is 1. The summed E-state index contributed by atoms with van der Waals surface area (Å²) in [6.45, 7) is 3.31. The van der Waals surface area contributed by atoms with Crippen molar-refractivity contribution >= 4 is 11.8 Å². The molecule has 0 saturated heterocycles. The quantitative estimate of drug-likeness (QED) is 0.650. The first-order valence-electron chi connectivity index (χ1n) is 5.83. The van der Waals surface area contributed by atoms with E-state index in [-0.39, 0.29) is 12.2 Å². The highest BCUT2D eigenvalue weighted by atomic mass is 16.5. The Labute approximate surface area is 105 Å². The maximum atomic E-state index is 11.6. The minimum Gasteiger partial charge on any atom is -0.461 e. The minimum atomic E-state index is -1.54. The van der Waals surface area contributed by atoms with Crippen molar-refractivity contribution < 1.29 is 29.3 Å². The summed E-state index contributed by atoms with van der Waals surface area (Å²) in [5.74, 6) is -1.16. The van der Waals surface area contributed by atoms with Gasteiger partial charge in [-0.3, -0.25) is 9.59 Å². The smallest absolute Gasteiger partial charge is 0.302 e.